The number of hydrogen-bond donors (Lipinski definition) is 0. The van der Waals surface area contributed by atoms with Crippen LogP contribution in [0.4, 0.5) is 0 Å². The van der Waals surface area contributed by atoms with Crippen molar-refractivity contribution in [2.45, 2.75) is 33.1 Å². The van der Waals surface area contributed by atoms with Gasteiger partial charge in [-0.05, 0) is 19.4 Å². The molecule has 6 heteroatoms. The topological polar surface area (TPSA) is 69.4 Å². The van der Waals surface area contributed by atoms with Gasteiger partial charge in [0, 0.05) is 6.42 Å². The Bertz CT molecular complexity index is 502. The van der Waals surface area contributed by atoms with Gasteiger partial charge in [0.25, 0.3) is 10.1 Å². The molecular formula is C12H19NO4S. The lowest BCUT2D eigenvalue weighted by Gasteiger charge is -1.98. The third kappa shape index (κ3) is 5.46. The number of aromatic nitrogens is 1. The van der Waals surface area contributed by atoms with Crippen LogP contribution in [0.25, 0.3) is 6.08 Å². The lowest BCUT2D eigenvalue weighted by atomic mass is 10.3. The van der Waals surface area contributed by atoms with E-state index in [0.29, 0.717) is 18.1 Å². The standard InChI is InChI=1S/C12H19NO4S/c1-4-5-6-7-12-13-11(10(2)17-12)8-9-16-18(3,14)15/h6-7H,4-5,8-9H2,1-3H3. The second kappa shape index (κ2) is 6.70. The molecule has 0 amide bonds. The van der Waals surface area contributed by atoms with E-state index in [1.54, 1.807) is 6.92 Å². The van der Waals surface area contributed by atoms with Gasteiger partial charge in [0.15, 0.2) is 0 Å². The number of aryl methyl sites for hydroxylation is 1. The summed E-state index contributed by atoms with van der Waals surface area (Å²) in [5.74, 6) is 1.25. The number of rotatable bonds is 7. The SMILES string of the molecule is CCCC=Cc1nc(CCOS(C)(=O)=O)c(C)o1. The van der Waals surface area contributed by atoms with E-state index < -0.39 is 10.1 Å². The van der Waals surface area contributed by atoms with Crippen LogP contribution in [0.1, 0.15) is 37.1 Å². The van der Waals surface area contributed by atoms with Gasteiger partial charge in [0.1, 0.15) is 5.76 Å². The first kappa shape index (κ1) is 14.9. The molecule has 0 saturated heterocycles. The molecule has 1 heterocycles. The minimum absolute atomic E-state index is 0.0876. The number of allylic oxidation sites excluding steroid dienone is 1. The van der Waals surface area contributed by atoms with Crippen molar-refractivity contribution in [2.75, 3.05) is 12.9 Å². The first-order chi connectivity index (χ1) is 8.42. The lowest BCUT2D eigenvalue weighted by molar-refractivity contribution is 0.324. The molecule has 0 fully saturated rings. The number of unbranched alkanes of at least 4 members (excludes halogenated alkanes) is 1. The minimum Gasteiger partial charge on any atom is -0.442 e. The first-order valence-electron chi connectivity index (χ1n) is 5.89. The van der Waals surface area contributed by atoms with Crippen LogP contribution in [-0.4, -0.2) is 26.3 Å². The van der Waals surface area contributed by atoms with E-state index in [9.17, 15) is 8.42 Å². The van der Waals surface area contributed by atoms with E-state index in [1.165, 1.54) is 0 Å². The predicted molar refractivity (Wildman–Crippen MR) is 69.7 cm³/mol. The molecule has 1 aromatic rings. The van der Waals surface area contributed by atoms with Crippen LogP contribution < -0.4 is 0 Å². The Morgan fingerprint density at radius 2 is 2.17 bits per heavy atom. The van der Waals surface area contributed by atoms with Gasteiger partial charge in [-0.2, -0.15) is 8.42 Å². The second-order valence-electron chi connectivity index (χ2n) is 4.02. The zero-order valence-electron chi connectivity index (χ0n) is 11.0. The Balaban J connectivity index is 2.56. The maximum atomic E-state index is 10.8. The van der Waals surface area contributed by atoms with E-state index in [2.05, 4.69) is 16.1 Å². The van der Waals surface area contributed by atoms with Gasteiger partial charge < -0.3 is 4.42 Å². The fourth-order valence-corrected chi connectivity index (χ4v) is 1.78. The first-order valence-corrected chi connectivity index (χ1v) is 7.71. The highest BCUT2D eigenvalue weighted by Gasteiger charge is 2.09. The molecule has 0 aromatic carbocycles. The second-order valence-corrected chi connectivity index (χ2v) is 5.67. The average molecular weight is 273 g/mol. The molecule has 0 atom stereocenters. The van der Waals surface area contributed by atoms with E-state index >= 15 is 0 Å². The molecular weight excluding hydrogens is 254 g/mol. The molecule has 0 saturated carbocycles. The van der Waals surface area contributed by atoms with Crippen LogP contribution in [0, 0.1) is 6.92 Å². The van der Waals surface area contributed by atoms with Crippen LogP contribution in [0.2, 0.25) is 0 Å². The Morgan fingerprint density at radius 1 is 1.44 bits per heavy atom. The van der Waals surface area contributed by atoms with Gasteiger partial charge in [-0.15, -0.1) is 0 Å². The normalized spacial score (nSPS) is 12.4. The van der Waals surface area contributed by atoms with Gasteiger partial charge in [0.2, 0.25) is 5.89 Å². The highest BCUT2D eigenvalue weighted by atomic mass is 32.2. The van der Waals surface area contributed by atoms with Gasteiger partial charge >= 0.3 is 0 Å². The van der Waals surface area contributed by atoms with Crippen molar-refractivity contribution in [2.24, 2.45) is 0 Å². The smallest absolute Gasteiger partial charge is 0.264 e. The maximum Gasteiger partial charge on any atom is 0.264 e. The van der Waals surface area contributed by atoms with Gasteiger partial charge in [-0.3, -0.25) is 4.18 Å². The van der Waals surface area contributed by atoms with Crippen molar-refractivity contribution in [3.8, 4) is 0 Å². The van der Waals surface area contributed by atoms with E-state index in [1.807, 2.05) is 12.2 Å². The summed E-state index contributed by atoms with van der Waals surface area (Å²) in [5, 5.41) is 0. The Morgan fingerprint density at radius 3 is 2.78 bits per heavy atom. The Kier molecular flexibility index (Phi) is 5.55. The molecule has 1 aromatic heterocycles. The molecule has 0 aliphatic carbocycles. The van der Waals surface area contributed by atoms with Crippen LogP contribution in [0.3, 0.4) is 0 Å². The third-order valence-corrected chi connectivity index (χ3v) is 2.86. The molecule has 0 aliphatic rings. The van der Waals surface area contributed by atoms with Crippen LogP contribution >= 0.6 is 0 Å². The summed E-state index contributed by atoms with van der Waals surface area (Å²) in [4.78, 5) is 4.27. The fourth-order valence-electron chi connectivity index (χ4n) is 1.39. The highest BCUT2D eigenvalue weighted by Crippen LogP contribution is 2.12. The summed E-state index contributed by atoms with van der Waals surface area (Å²) < 4.78 is 31.7. The summed E-state index contributed by atoms with van der Waals surface area (Å²) in [6.07, 6.45) is 7.34. The van der Waals surface area contributed by atoms with Crippen molar-refractivity contribution >= 4 is 16.2 Å². The Labute approximate surface area is 108 Å². The van der Waals surface area contributed by atoms with Crippen LogP contribution in [0.15, 0.2) is 10.5 Å². The fraction of sp³-hybridized carbons (Fsp3) is 0.583. The summed E-state index contributed by atoms with van der Waals surface area (Å²) in [6.45, 7) is 3.99. The van der Waals surface area contributed by atoms with Crippen molar-refractivity contribution in [3.05, 3.63) is 23.4 Å². The molecule has 5 nitrogen and oxygen atoms in total. The highest BCUT2D eigenvalue weighted by molar-refractivity contribution is 7.85. The number of nitrogens with zero attached hydrogens (tertiary/aromatic N) is 1. The number of oxazole rings is 1. The van der Waals surface area contributed by atoms with Gasteiger partial charge in [-0.1, -0.05) is 19.4 Å². The van der Waals surface area contributed by atoms with Crippen LogP contribution in [-0.2, 0) is 20.7 Å². The summed E-state index contributed by atoms with van der Waals surface area (Å²) in [5.41, 5.74) is 0.731. The van der Waals surface area contributed by atoms with Crippen molar-refractivity contribution in [1.82, 2.24) is 4.98 Å². The van der Waals surface area contributed by atoms with Crippen molar-refractivity contribution in [1.29, 1.82) is 0 Å². The molecule has 1 rings (SSSR count). The predicted octanol–water partition coefficient (Wildman–Crippen LogP) is 2.32. The molecule has 102 valence electrons. The molecule has 0 spiro atoms. The minimum atomic E-state index is -3.39. The van der Waals surface area contributed by atoms with Crippen molar-refractivity contribution < 1.29 is 17.0 Å². The van der Waals surface area contributed by atoms with E-state index in [-0.39, 0.29) is 6.61 Å². The summed E-state index contributed by atoms with van der Waals surface area (Å²) in [6, 6.07) is 0. The largest absolute Gasteiger partial charge is 0.442 e. The number of hydrogen-bond acceptors (Lipinski definition) is 5. The molecule has 0 bridgehead atoms. The quantitative estimate of drug-likeness (QED) is 0.713. The van der Waals surface area contributed by atoms with Crippen LogP contribution in [0.5, 0.6) is 0 Å². The average Bonchev–Trinajstić information content (AvgIpc) is 2.58. The van der Waals surface area contributed by atoms with Gasteiger partial charge in [0.05, 0.1) is 18.6 Å². The maximum absolute atomic E-state index is 10.8. The summed E-state index contributed by atoms with van der Waals surface area (Å²) >= 11 is 0. The lowest BCUT2D eigenvalue weighted by Crippen LogP contribution is -2.06. The third-order valence-electron chi connectivity index (χ3n) is 2.26. The summed E-state index contributed by atoms with van der Waals surface area (Å²) in [7, 11) is -3.39. The molecule has 0 radical (unpaired) electrons. The van der Waals surface area contributed by atoms with E-state index in [4.69, 9.17) is 4.42 Å². The zero-order chi connectivity index (χ0) is 13.6. The van der Waals surface area contributed by atoms with Crippen molar-refractivity contribution in [3.63, 3.8) is 0 Å². The van der Waals surface area contributed by atoms with Gasteiger partial charge in [-0.25, -0.2) is 4.98 Å². The molecule has 0 N–H and O–H groups in total. The Hall–Kier alpha value is -1.14. The zero-order valence-corrected chi connectivity index (χ0v) is 11.8. The monoisotopic (exact) mass is 273 g/mol. The molecule has 18 heavy (non-hydrogen) atoms. The van der Waals surface area contributed by atoms with E-state index in [0.717, 1.165) is 24.8 Å². The molecule has 0 unspecified atom stereocenters. The molecule has 0 aliphatic heterocycles.